The topological polar surface area (TPSA) is 51.8 Å². The molecule has 2 N–H and O–H groups in total. The second kappa shape index (κ2) is 5.37. The number of nitrogens with zero attached hydrogens (tertiary/aromatic N) is 2. The standard InChI is InChI=1S/C18H17N3/c1-12-8-9-13(2)15(10-12)18-20-16(11-17(19)21-18)14-6-4-3-5-7-14/h3-11H,1-2H3,(H2,19,20,21). The van der Waals surface area contributed by atoms with Gasteiger partial charge in [0.2, 0.25) is 0 Å². The van der Waals surface area contributed by atoms with Gasteiger partial charge in [-0.1, -0.05) is 48.0 Å². The van der Waals surface area contributed by atoms with Crippen molar-refractivity contribution in [3.05, 3.63) is 65.7 Å². The highest BCUT2D eigenvalue weighted by molar-refractivity contribution is 5.68. The minimum absolute atomic E-state index is 0.486. The first-order valence-electron chi connectivity index (χ1n) is 6.91. The van der Waals surface area contributed by atoms with Crippen LogP contribution in [0.15, 0.2) is 54.6 Å². The van der Waals surface area contributed by atoms with Gasteiger partial charge in [-0.15, -0.1) is 0 Å². The van der Waals surface area contributed by atoms with E-state index in [1.807, 2.05) is 36.4 Å². The molecule has 2 aromatic carbocycles. The van der Waals surface area contributed by atoms with E-state index in [2.05, 4.69) is 42.0 Å². The van der Waals surface area contributed by atoms with Crippen molar-refractivity contribution in [2.75, 3.05) is 5.73 Å². The van der Waals surface area contributed by atoms with E-state index in [1.165, 1.54) is 5.56 Å². The van der Waals surface area contributed by atoms with Crippen LogP contribution in [0, 0.1) is 13.8 Å². The van der Waals surface area contributed by atoms with E-state index >= 15 is 0 Å². The second-order valence-electron chi connectivity index (χ2n) is 5.19. The van der Waals surface area contributed by atoms with Crippen molar-refractivity contribution in [2.45, 2.75) is 13.8 Å². The molecule has 0 radical (unpaired) electrons. The Morgan fingerprint density at radius 3 is 2.38 bits per heavy atom. The fourth-order valence-electron chi connectivity index (χ4n) is 2.32. The molecule has 0 aliphatic carbocycles. The Labute approximate surface area is 124 Å². The summed E-state index contributed by atoms with van der Waals surface area (Å²) in [5.41, 5.74) is 11.2. The lowest BCUT2D eigenvalue weighted by molar-refractivity contribution is 1.17. The van der Waals surface area contributed by atoms with Crippen molar-refractivity contribution >= 4 is 5.82 Å². The van der Waals surface area contributed by atoms with Gasteiger partial charge in [-0.25, -0.2) is 9.97 Å². The van der Waals surface area contributed by atoms with Crippen molar-refractivity contribution in [3.63, 3.8) is 0 Å². The quantitative estimate of drug-likeness (QED) is 0.768. The molecule has 3 aromatic rings. The Balaban J connectivity index is 2.16. The number of nitrogens with two attached hydrogens (primary N) is 1. The van der Waals surface area contributed by atoms with Crippen LogP contribution in [0.1, 0.15) is 11.1 Å². The van der Waals surface area contributed by atoms with E-state index in [9.17, 15) is 0 Å². The summed E-state index contributed by atoms with van der Waals surface area (Å²) in [5, 5.41) is 0. The van der Waals surface area contributed by atoms with Crippen LogP contribution in [0.4, 0.5) is 5.82 Å². The highest BCUT2D eigenvalue weighted by Gasteiger charge is 2.09. The molecule has 0 saturated carbocycles. The van der Waals surface area contributed by atoms with Crippen LogP contribution >= 0.6 is 0 Å². The Morgan fingerprint density at radius 1 is 0.857 bits per heavy atom. The number of nitrogen functional groups attached to an aromatic ring is 1. The van der Waals surface area contributed by atoms with Gasteiger partial charge in [-0.2, -0.15) is 0 Å². The van der Waals surface area contributed by atoms with Crippen LogP contribution < -0.4 is 5.73 Å². The summed E-state index contributed by atoms with van der Waals surface area (Å²) in [6.07, 6.45) is 0. The lowest BCUT2D eigenvalue weighted by Gasteiger charge is -2.09. The zero-order chi connectivity index (χ0) is 14.8. The number of hydrogen-bond acceptors (Lipinski definition) is 3. The number of hydrogen-bond donors (Lipinski definition) is 1. The average molecular weight is 275 g/mol. The van der Waals surface area contributed by atoms with Crippen molar-refractivity contribution in [3.8, 4) is 22.6 Å². The smallest absolute Gasteiger partial charge is 0.162 e. The first kappa shape index (κ1) is 13.3. The molecule has 0 aliphatic heterocycles. The van der Waals surface area contributed by atoms with E-state index in [1.54, 1.807) is 0 Å². The van der Waals surface area contributed by atoms with Crippen LogP contribution in [0.5, 0.6) is 0 Å². The van der Waals surface area contributed by atoms with Gasteiger partial charge >= 0.3 is 0 Å². The van der Waals surface area contributed by atoms with Gasteiger partial charge in [0.05, 0.1) is 5.69 Å². The molecular weight excluding hydrogens is 258 g/mol. The maximum atomic E-state index is 5.97. The van der Waals surface area contributed by atoms with Crippen molar-refractivity contribution < 1.29 is 0 Å². The summed E-state index contributed by atoms with van der Waals surface area (Å²) in [7, 11) is 0. The van der Waals surface area contributed by atoms with Gasteiger partial charge in [0.1, 0.15) is 5.82 Å². The molecular formula is C18H17N3. The molecule has 0 fully saturated rings. The second-order valence-corrected chi connectivity index (χ2v) is 5.19. The van der Waals surface area contributed by atoms with Crippen LogP contribution in [-0.2, 0) is 0 Å². The SMILES string of the molecule is Cc1ccc(C)c(-c2nc(N)cc(-c3ccccc3)n2)c1. The molecule has 0 saturated heterocycles. The lowest BCUT2D eigenvalue weighted by Crippen LogP contribution is -1.99. The summed E-state index contributed by atoms with van der Waals surface area (Å²) in [4.78, 5) is 9.08. The molecule has 0 spiro atoms. The highest BCUT2D eigenvalue weighted by Crippen LogP contribution is 2.26. The van der Waals surface area contributed by atoms with Gasteiger partial charge in [-0.05, 0) is 25.5 Å². The van der Waals surface area contributed by atoms with E-state index in [-0.39, 0.29) is 0 Å². The lowest BCUT2D eigenvalue weighted by atomic mass is 10.0. The number of anilines is 1. The minimum atomic E-state index is 0.486. The first-order chi connectivity index (χ1) is 10.1. The van der Waals surface area contributed by atoms with Crippen molar-refractivity contribution in [2.24, 2.45) is 0 Å². The predicted molar refractivity (Wildman–Crippen MR) is 86.8 cm³/mol. The molecule has 0 bridgehead atoms. The van der Waals surface area contributed by atoms with Crippen molar-refractivity contribution in [1.82, 2.24) is 9.97 Å². The predicted octanol–water partition coefficient (Wildman–Crippen LogP) is 4.01. The Hall–Kier alpha value is -2.68. The zero-order valence-electron chi connectivity index (χ0n) is 12.2. The third-order valence-electron chi connectivity index (χ3n) is 3.45. The Bertz CT molecular complexity index is 780. The highest BCUT2D eigenvalue weighted by atomic mass is 14.9. The van der Waals surface area contributed by atoms with Gasteiger partial charge in [0.25, 0.3) is 0 Å². The van der Waals surface area contributed by atoms with Crippen LogP contribution in [0.3, 0.4) is 0 Å². The molecule has 3 nitrogen and oxygen atoms in total. The first-order valence-corrected chi connectivity index (χ1v) is 6.91. The zero-order valence-corrected chi connectivity index (χ0v) is 12.2. The summed E-state index contributed by atoms with van der Waals surface area (Å²) in [6.45, 7) is 4.12. The molecule has 0 aliphatic rings. The van der Waals surface area contributed by atoms with Gasteiger partial charge in [-0.3, -0.25) is 0 Å². The molecule has 1 aromatic heterocycles. The molecule has 3 rings (SSSR count). The summed E-state index contributed by atoms with van der Waals surface area (Å²) < 4.78 is 0. The largest absolute Gasteiger partial charge is 0.384 e. The monoisotopic (exact) mass is 275 g/mol. The number of aryl methyl sites for hydroxylation is 2. The molecule has 0 atom stereocenters. The molecule has 104 valence electrons. The third kappa shape index (κ3) is 2.77. The van der Waals surface area contributed by atoms with Crippen LogP contribution in [0.2, 0.25) is 0 Å². The van der Waals surface area contributed by atoms with Gasteiger partial charge < -0.3 is 5.73 Å². The third-order valence-corrected chi connectivity index (χ3v) is 3.45. The summed E-state index contributed by atoms with van der Waals surface area (Å²) >= 11 is 0. The summed E-state index contributed by atoms with van der Waals surface area (Å²) in [5.74, 6) is 1.16. The van der Waals surface area contributed by atoms with E-state index in [4.69, 9.17) is 5.73 Å². The molecule has 21 heavy (non-hydrogen) atoms. The summed E-state index contributed by atoms with van der Waals surface area (Å²) in [6, 6.07) is 18.1. The molecule has 0 amide bonds. The Kier molecular flexibility index (Phi) is 3.40. The number of aromatic nitrogens is 2. The number of benzene rings is 2. The van der Waals surface area contributed by atoms with Crippen molar-refractivity contribution in [1.29, 1.82) is 0 Å². The molecule has 1 heterocycles. The van der Waals surface area contributed by atoms with Gasteiger partial charge in [0, 0.05) is 17.2 Å². The van der Waals surface area contributed by atoms with E-state index < -0.39 is 0 Å². The molecule has 0 unspecified atom stereocenters. The fourth-order valence-corrected chi connectivity index (χ4v) is 2.32. The molecule has 3 heteroatoms. The Morgan fingerprint density at radius 2 is 1.62 bits per heavy atom. The average Bonchev–Trinajstić information content (AvgIpc) is 2.50. The van der Waals surface area contributed by atoms with Gasteiger partial charge in [0.15, 0.2) is 5.82 Å². The fraction of sp³-hybridized carbons (Fsp3) is 0.111. The van der Waals surface area contributed by atoms with Crippen LogP contribution in [-0.4, -0.2) is 9.97 Å². The van der Waals surface area contributed by atoms with E-state index in [0.717, 1.165) is 22.4 Å². The van der Waals surface area contributed by atoms with Crippen LogP contribution in [0.25, 0.3) is 22.6 Å². The minimum Gasteiger partial charge on any atom is -0.384 e. The maximum Gasteiger partial charge on any atom is 0.162 e. The normalized spacial score (nSPS) is 10.6. The van der Waals surface area contributed by atoms with E-state index in [0.29, 0.717) is 11.6 Å². The number of rotatable bonds is 2. The maximum absolute atomic E-state index is 5.97.